The van der Waals surface area contributed by atoms with Crippen molar-refractivity contribution in [2.75, 3.05) is 13.2 Å². The number of rotatable bonds is 6. The lowest BCUT2D eigenvalue weighted by atomic mass is 10.0. The van der Waals surface area contributed by atoms with Crippen molar-refractivity contribution < 1.29 is 9.84 Å². The van der Waals surface area contributed by atoms with E-state index in [2.05, 4.69) is 52.1 Å². The van der Waals surface area contributed by atoms with Crippen LogP contribution >= 0.6 is 0 Å². The first kappa shape index (κ1) is 16.0. The van der Waals surface area contributed by atoms with E-state index in [4.69, 9.17) is 4.74 Å². The summed E-state index contributed by atoms with van der Waals surface area (Å²) >= 11 is 0. The Morgan fingerprint density at radius 1 is 1.16 bits per heavy atom. The Bertz CT molecular complexity index is 365. The molecule has 0 amide bonds. The molecular formula is C16H27NO2. The molecule has 0 aliphatic carbocycles. The van der Waals surface area contributed by atoms with Crippen LogP contribution in [-0.4, -0.2) is 29.9 Å². The predicted molar refractivity (Wildman–Crippen MR) is 79.8 cm³/mol. The Kier molecular flexibility index (Phi) is 5.83. The number of aliphatic hydroxyl groups excluding tert-OH is 1. The summed E-state index contributed by atoms with van der Waals surface area (Å²) < 4.78 is 5.58. The van der Waals surface area contributed by atoms with Crippen LogP contribution in [0.4, 0.5) is 0 Å². The summed E-state index contributed by atoms with van der Waals surface area (Å²) in [5.74, 6) is 1.33. The van der Waals surface area contributed by atoms with Crippen LogP contribution < -0.4 is 10.1 Å². The van der Waals surface area contributed by atoms with Crippen LogP contribution in [0.2, 0.25) is 0 Å². The van der Waals surface area contributed by atoms with Crippen LogP contribution in [0, 0.1) is 0 Å². The highest BCUT2D eigenvalue weighted by atomic mass is 16.5. The van der Waals surface area contributed by atoms with Crippen molar-refractivity contribution in [3.05, 3.63) is 29.8 Å². The molecule has 108 valence electrons. The Balaban J connectivity index is 2.35. The maximum atomic E-state index is 9.83. The zero-order valence-electron chi connectivity index (χ0n) is 12.7. The molecule has 0 aliphatic heterocycles. The maximum absolute atomic E-state index is 9.83. The number of ether oxygens (including phenoxy) is 1. The first-order valence-corrected chi connectivity index (χ1v) is 6.94. The van der Waals surface area contributed by atoms with Gasteiger partial charge >= 0.3 is 0 Å². The molecule has 0 unspecified atom stereocenters. The van der Waals surface area contributed by atoms with Gasteiger partial charge in [0.2, 0.25) is 0 Å². The van der Waals surface area contributed by atoms with E-state index in [1.165, 1.54) is 5.56 Å². The van der Waals surface area contributed by atoms with E-state index in [0.29, 0.717) is 19.1 Å². The number of hydrogen-bond donors (Lipinski definition) is 2. The van der Waals surface area contributed by atoms with Gasteiger partial charge in [0.05, 0.1) is 0 Å². The molecule has 0 aromatic heterocycles. The van der Waals surface area contributed by atoms with Crippen LogP contribution in [0.3, 0.4) is 0 Å². The first-order valence-electron chi connectivity index (χ1n) is 6.94. The van der Waals surface area contributed by atoms with Crippen molar-refractivity contribution in [2.24, 2.45) is 0 Å². The number of benzene rings is 1. The zero-order chi connectivity index (χ0) is 14.5. The van der Waals surface area contributed by atoms with Gasteiger partial charge in [-0.05, 0) is 44.4 Å². The fourth-order valence-electron chi connectivity index (χ4n) is 1.62. The average molecular weight is 265 g/mol. The number of β-amino-alcohol motifs (C(OH)–C–C–N with tert-alkyl or cyclic N) is 1. The molecule has 0 fully saturated rings. The lowest BCUT2D eigenvalue weighted by Gasteiger charge is -2.23. The van der Waals surface area contributed by atoms with Crippen molar-refractivity contribution in [1.82, 2.24) is 5.32 Å². The third-order valence-corrected chi connectivity index (χ3v) is 2.86. The quantitative estimate of drug-likeness (QED) is 0.831. The van der Waals surface area contributed by atoms with Gasteiger partial charge < -0.3 is 15.2 Å². The van der Waals surface area contributed by atoms with E-state index >= 15 is 0 Å². The van der Waals surface area contributed by atoms with Crippen LogP contribution in [0.5, 0.6) is 5.75 Å². The first-order chi connectivity index (χ1) is 8.78. The van der Waals surface area contributed by atoms with Crippen molar-refractivity contribution in [3.63, 3.8) is 0 Å². The summed E-state index contributed by atoms with van der Waals surface area (Å²) in [6.45, 7) is 11.4. The summed E-state index contributed by atoms with van der Waals surface area (Å²) in [6.07, 6.45) is -0.496. The predicted octanol–water partition coefficient (Wildman–Crippen LogP) is 2.94. The molecule has 2 N–H and O–H groups in total. The Hall–Kier alpha value is -1.06. The van der Waals surface area contributed by atoms with Crippen LogP contribution in [0.15, 0.2) is 24.3 Å². The monoisotopic (exact) mass is 265 g/mol. The van der Waals surface area contributed by atoms with E-state index in [1.54, 1.807) is 0 Å². The number of nitrogens with one attached hydrogen (secondary N) is 1. The third kappa shape index (κ3) is 6.60. The van der Waals surface area contributed by atoms with Gasteiger partial charge in [-0.2, -0.15) is 0 Å². The van der Waals surface area contributed by atoms with Gasteiger partial charge in [0.15, 0.2) is 0 Å². The molecule has 0 bridgehead atoms. The van der Waals surface area contributed by atoms with Crippen LogP contribution in [0.25, 0.3) is 0 Å². The summed E-state index contributed by atoms with van der Waals surface area (Å²) in [5.41, 5.74) is 1.31. The van der Waals surface area contributed by atoms with E-state index in [-0.39, 0.29) is 5.54 Å². The minimum absolute atomic E-state index is 0.0138. The van der Waals surface area contributed by atoms with E-state index in [9.17, 15) is 5.11 Å². The van der Waals surface area contributed by atoms with Gasteiger partial charge in [-0.25, -0.2) is 0 Å². The standard InChI is InChI=1S/C16H27NO2/c1-12(2)13-6-8-15(9-7-13)19-11-14(18)10-17-16(3,4)5/h6-9,12,14,17-18H,10-11H2,1-5H3/t14-/m1/s1. The Morgan fingerprint density at radius 2 is 1.74 bits per heavy atom. The molecule has 3 nitrogen and oxygen atoms in total. The molecule has 1 atom stereocenters. The highest BCUT2D eigenvalue weighted by Crippen LogP contribution is 2.18. The fraction of sp³-hybridized carbons (Fsp3) is 0.625. The summed E-state index contributed by atoms with van der Waals surface area (Å²) in [7, 11) is 0. The number of hydrogen-bond acceptors (Lipinski definition) is 3. The van der Waals surface area contributed by atoms with Crippen LogP contribution in [-0.2, 0) is 0 Å². The van der Waals surface area contributed by atoms with Gasteiger partial charge in [-0.3, -0.25) is 0 Å². The van der Waals surface area contributed by atoms with Crippen molar-refractivity contribution in [2.45, 2.75) is 52.2 Å². The molecule has 0 radical (unpaired) electrons. The molecule has 19 heavy (non-hydrogen) atoms. The lowest BCUT2D eigenvalue weighted by Crippen LogP contribution is -2.42. The van der Waals surface area contributed by atoms with Gasteiger partial charge in [0, 0.05) is 12.1 Å². The van der Waals surface area contributed by atoms with E-state index < -0.39 is 6.10 Å². The second-order valence-corrected chi connectivity index (χ2v) is 6.32. The van der Waals surface area contributed by atoms with Crippen molar-refractivity contribution >= 4 is 0 Å². The van der Waals surface area contributed by atoms with E-state index in [0.717, 1.165) is 5.75 Å². The largest absolute Gasteiger partial charge is 0.491 e. The second-order valence-electron chi connectivity index (χ2n) is 6.32. The third-order valence-electron chi connectivity index (χ3n) is 2.86. The fourth-order valence-corrected chi connectivity index (χ4v) is 1.62. The molecule has 0 saturated heterocycles. The average Bonchev–Trinajstić information content (AvgIpc) is 2.33. The highest BCUT2D eigenvalue weighted by molar-refractivity contribution is 5.28. The van der Waals surface area contributed by atoms with Gasteiger partial charge in [-0.15, -0.1) is 0 Å². The minimum Gasteiger partial charge on any atom is -0.491 e. The van der Waals surface area contributed by atoms with Crippen molar-refractivity contribution in [3.8, 4) is 5.75 Å². The smallest absolute Gasteiger partial charge is 0.119 e. The molecule has 1 aromatic carbocycles. The number of aliphatic hydroxyl groups is 1. The maximum Gasteiger partial charge on any atom is 0.119 e. The minimum atomic E-state index is -0.496. The normalized spacial score (nSPS) is 13.6. The SMILES string of the molecule is CC(C)c1ccc(OC[C@H](O)CNC(C)(C)C)cc1. The summed E-state index contributed by atoms with van der Waals surface area (Å²) in [4.78, 5) is 0. The summed E-state index contributed by atoms with van der Waals surface area (Å²) in [6, 6.07) is 8.05. The molecule has 3 heteroatoms. The van der Waals surface area contributed by atoms with Gasteiger partial charge in [-0.1, -0.05) is 26.0 Å². The highest BCUT2D eigenvalue weighted by Gasteiger charge is 2.12. The van der Waals surface area contributed by atoms with Gasteiger partial charge in [0.1, 0.15) is 18.5 Å². The van der Waals surface area contributed by atoms with Crippen molar-refractivity contribution in [1.29, 1.82) is 0 Å². The molecule has 0 saturated carbocycles. The molecule has 1 rings (SSSR count). The van der Waals surface area contributed by atoms with Crippen LogP contribution in [0.1, 0.15) is 46.1 Å². The summed E-state index contributed by atoms with van der Waals surface area (Å²) in [5, 5.41) is 13.1. The molecule has 0 aliphatic rings. The Morgan fingerprint density at radius 3 is 2.21 bits per heavy atom. The topological polar surface area (TPSA) is 41.5 Å². The Labute approximate surface area is 117 Å². The zero-order valence-corrected chi connectivity index (χ0v) is 12.7. The van der Waals surface area contributed by atoms with E-state index in [1.807, 2.05) is 12.1 Å². The lowest BCUT2D eigenvalue weighted by molar-refractivity contribution is 0.100. The molecular weight excluding hydrogens is 238 g/mol. The molecule has 0 heterocycles. The van der Waals surface area contributed by atoms with Gasteiger partial charge in [0.25, 0.3) is 0 Å². The molecule has 0 spiro atoms. The molecule has 1 aromatic rings. The second kappa shape index (κ2) is 6.92.